The minimum Gasteiger partial charge on any atom is -0.343 e. The molecule has 0 saturated carbocycles. The van der Waals surface area contributed by atoms with Gasteiger partial charge in [0.2, 0.25) is 5.91 Å². The summed E-state index contributed by atoms with van der Waals surface area (Å²) in [4.78, 5) is 24.1. The summed E-state index contributed by atoms with van der Waals surface area (Å²) in [5.74, 6) is -0.306. The molecule has 0 aromatic carbocycles. The number of ketones is 1. The molecule has 2 heterocycles. The Hall–Kier alpha value is -1.20. The minimum absolute atomic E-state index is 0.0406. The number of ether oxygens (including phenoxy) is 1. The van der Waals surface area contributed by atoms with E-state index in [0.717, 1.165) is 0 Å². The van der Waals surface area contributed by atoms with Crippen LogP contribution in [0.3, 0.4) is 0 Å². The van der Waals surface area contributed by atoms with Crippen molar-refractivity contribution in [3.63, 3.8) is 0 Å². The molecule has 2 rings (SSSR count). The molecule has 2 unspecified atom stereocenters. The van der Waals surface area contributed by atoms with E-state index < -0.39 is 6.04 Å². The summed E-state index contributed by atoms with van der Waals surface area (Å²) < 4.78 is 5.20. The summed E-state index contributed by atoms with van der Waals surface area (Å²) in [6.07, 6.45) is 2.82. The van der Waals surface area contributed by atoms with Crippen LogP contribution in [0.4, 0.5) is 0 Å². The quantitative estimate of drug-likeness (QED) is 0.589. The smallest absolute Gasteiger partial charge is 0.249 e. The first-order valence-electron chi connectivity index (χ1n) is 4.51. The molecular weight excluding hydrogens is 184 g/mol. The van der Waals surface area contributed by atoms with Crippen LogP contribution in [0.1, 0.15) is 6.92 Å². The highest BCUT2D eigenvalue weighted by molar-refractivity contribution is 5.94. The topological polar surface area (TPSA) is 75.9 Å². The highest BCUT2D eigenvalue weighted by atomic mass is 16.6. The zero-order valence-corrected chi connectivity index (χ0v) is 7.84. The minimum atomic E-state index is -0.553. The molecular formula is C9H12N2O3. The maximum Gasteiger partial charge on any atom is 0.249 e. The van der Waals surface area contributed by atoms with Gasteiger partial charge >= 0.3 is 0 Å². The summed E-state index contributed by atoms with van der Waals surface area (Å²) in [7, 11) is 0. The van der Waals surface area contributed by atoms with Gasteiger partial charge in [0.25, 0.3) is 0 Å². The molecule has 5 heteroatoms. The van der Waals surface area contributed by atoms with Crippen molar-refractivity contribution in [2.45, 2.75) is 25.3 Å². The second-order valence-electron chi connectivity index (χ2n) is 3.46. The van der Waals surface area contributed by atoms with Crippen LogP contribution in [0.25, 0.3) is 0 Å². The van der Waals surface area contributed by atoms with Crippen LogP contribution in [-0.2, 0) is 14.3 Å². The van der Waals surface area contributed by atoms with Gasteiger partial charge < -0.3 is 10.5 Å². The molecule has 3 atom stereocenters. The Balaban J connectivity index is 2.19. The van der Waals surface area contributed by atoms with Crippen molar-refractivity contribution in [1.29, 1.82) is 0 Å². The molecule has 14 heavy (non-hydrogen) atoms. The van der Waals surface area contributed by atoms with Gasteiger partial charge in [-0.1, -0.05) is 0 Å². The SMILES string of the molecule is CC(=O)[C@H](CN)N1C(=O)C=CC2OC21. The van der Waals surface area contributed by atoms with E-state index in [9.17, 15) is 9.59 Å². The van der Waals surface area contributed by atoms with Crippen LogP contribution in [0, 0.1) is 0 Å². The average molecular weight is 196 g/mol. The number of hydrogen-bond donors (Lipinski definition) is 1. The maximum absolute atomic E-state index is 11.5. The van der Waals surface area contributed by atoms with E-state index in [-0.39, 0.29) is 30.6 Å². The van der Waals surface area contributed by atoms with E-state index in [1.807, 2.05) is 0 Å². The van der Waals surface area contributed by atoms with Crippen molar-refractivity contribution >= 4 is 11.7 Å². The second-order valence-corrected chi connectivity index (χ2v) is 3.46. The third-order valence-corrected chi connectivity index (χ3v) is 2.49. The van der Waals surface area contributed by atoms with Crippen LogP contribution in [0.2, 0.25) is 0 Å². The van der Waals surface area contributed by atoms with Crippen LogP contribution < -0.4 is 5.73 Å². The van der Waals surface area contributed by atoms with E-state index in [2.05, 4.69) is 0 Å². The van der Waals surface area contributed by atoms with Crippen LogP contribution in [0.15, 0.2) is 12.2 Å². The Morgan fingerprint density at radius 1 is 1.79 bits per heavy atom. The number of carbonyl (C=O) groups excluding carboxylic acids is 2. The van der Waals surface area contributed by atoms with E-state index in [4.69, 9.17) is 10.5 Å². The third-order valence-electron chi connectivity index (χ3n) is 2.49. The molecule has 0 bridgehead atoms. The number of epoxide rings is 1. The Bertz CT molecular complexity index is 313. The molecule has 2 aliphatic heterocycles. The van der Waals surface area contributed by atoms with Crippen LogP contribution >= 0.6 is 0 Å². The third kappa shape index (κ3) is 1.34. The fourth-order valence-corrected chi connectivity index (χ4v) is 1.67. The van der Waals surface area contributed by atoms with Gasteiger partial charge in [-0.25, -0.2) is 0 Å². The van der Waals surface area contributed by atoms with E-state index in [0.29, 0.717) is 0 Å². The number of amides is 1. The zero-order valence-electron chi connectivity index (χ0n) is 7.84. The molecule has 0 aliphatic carbocycles. The van der Waals surface area contributed by atoms with Gasteiger partial charge in [0.05, 0.1) is 0 Å². The highest BCUT2D eigenvalue weighted by Gasteiger charge is 2.49. The average Bonchev–Trinajstić information content (AvgIpc) is 2.88. The number of nitrogens with two attached hydrogens (primary N) is 1. The Labute approximate surface area is 81.5 Å². The fourth-order valence-electron chi connectivity index (χ4n) is 1.67. The predicted octanol–water partition coefficient (Wildman–Crippen LogP) is -0.974. The van der Waals surface area contributed by atoms with Crippen molar-refractivity contribution in [3.8, 4) is 0 Å². The molecule has 2 aliphatic rings. The highest BCUT2D eigenvalue weighted by Crippen LogP contribution is 2.32. The van der Waals surface area contributed by atoms with Gasteiger partial charge in [0.1, 0.15) is 12.1 Å². The molecule has 1 fully saturated rings. The number of hydrogen-bond acceptors (Lipinski definition) is 4. The molecule has 1 saturated heterocycles. The van der Waals surface area contributed by atoms with Crippen LogP contribution in [-0.4, -0.2) is 41.5 Å². The second kappa shape index (κ2) is 3.18. The van der Waals surface area contributed by atoms with Gasteiger partial charge in [0, 0.05) is 12.6 Å². The summed E-state index contributed by atoms with van der Waals surface area (Å²) in [5.41, 5.74) is 5.45. The van der Waals surface area contributed by atoms with E-state index >= 15 is 0 Å². The first-order chi connectivity index (χ1) is 6.65. The van der Waals surface area contributed by atoms with E-state index in [1.165, 1.54) is 17.9 Å². The van der Waals surface area contributed by atoms with Crippen LogP contribution in [0.5, 0.6) is 0 Å². The normalized spacial score (nSPS) is 31.3. The van der Waals surface area contributed by atoms with Crippen molar-refractivity contribution < 1.29 is 14.3 Å². The van der Waals surface area contributed by atoms with E-state index in [1.54, 1.807) is 6.08 Å². The molecule has 0 aromatic rings. The molecule has 5 nitrogen and oxygen atoms in total. The van der Waals surface area contributed by atoms with Crippen molar-refractivity contribution in [3.05, 3.63) is 12.2 Å². The predicted molar refractivity (Wildman–Crippen MR) is 48.2 cm³/mol. The van der Waals surface area contributed by atoms with Gasteiger partial charge in [0.15, 0.2) is 12.0 Å². The number of carbonyl (C=O) groups is 2. The zero-order chi connectivity index (χ0) is 10.3. The summed E-state index contributed by atoms with van der Waals surface area (Å²) >= 11 is 0. The first-order valence-corrected chi connectivity index (χ1v) is 4.51. The Morgan fingerprint density at radius 3 is 3.07 bits per heavy atom. The number of rotatable bonds is 3. The van der Waals surface area contributed by atoms with Crippen molar-refractivity contribution in [1.82, 2.24) is 4.90 Å². The van der Waals surface area contributed by atoms with Gasteiger partial charge in [-0.05, 0) is 13.0 Å². The van der Waals surface area contributed by atoms with Crippen molar-refractivity contribution in [2.24, 2.45) is 5.73 Å². The fraction of sp³-hybridized carbons (Fsp3) is 0.556. The lowest BCUT2D eigenvalue weighted by molar-refractivity contribution is -0.137. The molecule has 0 spiro atoms. The molecule has 2 N–H and O–H groups in total. The Morgan fingerprint density at radius 2 is 2.50 bits per heavy atom. The number of fused-ring (bicyclic) bond motifs is 1. The van der Waals surface area contributed by atoms with Gasteiger partial charge in [-0.3, -0.25) is 14.5 Å². The maximum atomic E-state index is 11.5. The summed E-state index contributed by atoms with van der Waals surface area (Å²) in [5, 5.41) is 0. The lowest BCUT2D eigenvalue weighted by Crippen LogP contribution is -2.51. The number of Topliss-reactive ketones (excluding diaryl/α,β-unsaturated/α-hetero) is 1. The lowest BCUT2D eigenvalue weighted by atomic mass is 10.1. The molecule has 76 valence electrons. The van der Waals surface area contributed by atoms with Crippen molar-refractivity contribution in [2.75, 3.05) is 6.54 Å². The largest absolute Gasteiger partial charge is 0.343 e. The number of nitrogens with zero attached hydrogens (tertiary/aromatic N) is 1. The molecule has 1 amide bonds. The van der Waals surface area contributed by atoms with Gasteiger partial charge in [-0.15, -0.1) is 0 Å². The molecule has 0 radical (unpaired) electrons. The molecule has 0 aromatic heterocycles. The van der Waals surface area contributed by atoms with Gasteiger partial charge in [-0.2, -0.15) is 0 Å². The summed E-state index contributed by atoms with van der Waals surface area (Å²) in [6, 6.07) is -0.553. The standard InChI is InChI=1S/C9H12N2O3/c1-5(12)6(4-10)11-8(13)3-2-7-9(11)14-7/h2-3,6-7,9H,4,10H2,1H3/t6-,7?,9?/m0/s1. The first kappa shape index (κ1) is 9.36. The summed E-state index contributed by atoms with van der Waals surface area (Å²) in [6.45, 7) is 1.57. The Kier molecular flexibility index (Phi) is 2.13. The lowest BCUT2D eigenvalue weighted by Gasteiger charge is -2.27. The monoisotopic (exact) mass is 196 g/mol.